The second kappa shape index (κ2) is 4.70. The molecule has 2 aliphatic rings. The molecule has 1 aromatic heterocycles. The third-order valence-corrected chi connectivity index (χ3v) is 3.65. The summed E-state index contributed by atoms with van der Waals surface area (Å²) < 4.78 is 5.35. The molecule has 1 aliphatic carbocycles. The molecule has 0 amide bonds. The Morgan fingerprint density at radius 2 is 2.06 bits per heavy atom. The fourth-order valence-electron chi connectivity index (χ4n) is 2.42. The van der Waals surface area contributed by atoms with E-state index in [1.165, 1.54) is 0 Å². The van der Waals surface area contributed by atoms with E-state index in [-0.39, 0.29) is 12.0 Å². The van der Waals surface area contributed by atoms with Gasteiger partial charge in [0, 0.05) is 32.2 Å². The maximum absolute atomic E-state index is 5.83. The van der Waals surface area contributed by atoms with E-state index < -0.39 is 0 Å². The number of nitrogens with two attached hydrogens (primary N) is 1. The number of rotatable bonds is 2. The van der Waals surface area contributed by atoms with E-state index in [0.29, 0.717) is 11.8 Å². The highest BCUT2D eigenvalue weighted by molar-refractivity contribution is 5.30. The molecule has 0 aromatic carbocycles. The number of nitrogens with zero attached hydrogens (tertiary/aromatic N) is 4. The number of hydrogen-bond acceptors (Lipinski definition) is 6. The highest BCUT2D eigenvalue weighted by atomic mass is 16.5. The van der Waals surface area contributed by atoms with Crippen LogP contribution in [-0.2, 0) is 0 Å². The van der Waals surface area contributed by atoms with Crippen LogP contribution in [0.2, 0.25) is 0 Å². The average Bonchev–Trinajstić information content (AvgIpc) is 2.98. The van der Waals surface area contributed by atoms with Gasteiger partial charge >= 0.3 is 0 Å². The van der Waals surface area contributed by atoms with Gasteiger partial charge in [-0.25, -0.2) is 0 Å². The molecule has 0 bridgehead atoms. The zero-order valence-corrected chi connectivity index (χ0v) is 10.6. The Bertz CT molecular complexity index is 435. The van der Waals surface area contributed by atoms with Crippen molar-refractivity contribution in [2.45, 2.75) is 18.4 Å². The monoisotopic (exact) mass is 249 g/mol. The van der Waals surface area contributed by atoms with Crippen molar-refractivity contribution >= 4 is 5.95 Å². The van der Waals surface area contributed by atoms with Crippen LogP contribution in [0.15, 0.2) is 16.7 Å². The fraction of sp³-hybridized carbons (Fsp3) is 0.667. The predicted molar refractivity (Wildman–Crippen MR) is 68.5 cm³/mol. The van der Waals surface area contributed by atoms with Gasteiger partial charge in [-0.3, -0.25) is 0 Å². The largest absolute Gasteiger partial charge is 0.337 e. The van der Waals surface area contributed by atoms with Crippen molar-refractivity contribution in [2.24, 2.45) is 5.73 Å². The Morgan fingerprint density at radius 1 is 1.28 bits per heavy atom. The molecule has 2 unspecified atom stereocenters. The number of allylic oxidation sites excluding steroid dienone is 1. The Morgan fingerprint density at radius 3 is 2.72 bits per heavy atom. The molecule has 2 atom stereocenters. The zero-order valence-electron chi connectivity index (χ0n) is 10.6. The van der Waals surface area contributed by atoms with E-state index in [1.54, 1.807) is 0 Å². The first-order valence-corrected chi connectivity index (χ1v) is 6.43. The molecule has 6 nitrogen and oxygen atoms in total. The highest BCUT2D eigenvalue weighted by Gasteiger charge is 2.25. The van der Waals surface area contributed by atoms with Gasteiger partial charge in [0.05, 0.1) is 5.92 Å². The van der Waals surface area contributed by atoms with Crippen LogP contribution in [0.5, 0.6) is 0 Å². The molecule has 18 heavy (non-hydrogen) atoms. The van der Waals surface area contributed by atoms with E-state index in [9.17, 15) is 0 Å². The molecule has 1 saturated heterocycles. The number of hydrogen-bond donors (Lipinski definition) is 1. The SMILES string of the molecule is CN1CCN(c2noc(C3C=CC(N)C3)n2)CC1. The minimum absolute atomic E-state index is 0.119. The first kappa shape index (κ1) is 11.7. The van der Waals surface area contributed by atoms with Gasteiger partial charge < -0.3 is 20.1 Å². The number of piperazine rings is 1. The average molecular weight is 249 g/mol. The lowest BCUT2D eigenvalue weighted by Crippen LogP contribution is -2.44. The Hall–Kier alpha value is -1.40. The first-order chi connectivity index (χ1) is 8.72. The van der Waals surface area contributed by atoms with Gasteiger partial charge in [0.15, 0.2) is 0 Å². The molecule has 0 spiro atoms. The molecule has 2 heterocycles. The summed E-state index contributed by atoms with van der Waals surface area (Å²) in [7, 11) is 2.13. The van der Waals surface area contributed by atoms with Crippen LogP contribution >= 0.6 is 0 Å². The predicted octanol–water partition coefficient (Wildman–Crippen LogP) is 0.192. The summed E-state index contributed by atoms with van der Waals surface area (Å²) in [6, 6.07) is 0.119. The molecule has 98 valence electrons. The summed E-state index contributed by atoms with van der Waals surface area (Å²) in [5.74, 6) is 1.59. The van der Waals surface area contributed by atoms with Gasteiger partial charge in [0.2, 0.25) is 5.89 Å². The maximum atomic E-state index is 5.83. The van der Waals surface area contributed by atoms with Crippen molar-refractivity contribution in [3.8, 4) is 0 Å². The molecule has 1 fully saturated rings. The normalized spacial score (nSPS) is 29.1. The van der Waals surface area contributed by atoms with Gasteiger partial charge in [-0.15, -0.1) is 0 Å². The summed E-state index contributed by atoms with van der Waals surface area (Å²) in [5, 5.41) is 4.08. The molecule has 1 aromatic rings. The van der Waals surface area contributed by atoms with Crippen LogP contribution in [0.25, 0.3) is 0 Å². The molecule has 0 radical (unpaired) electrons. The van der Waals surface area contributed by atoms with Crippen molar-refractivity contribution in [2.75, 3.05) is 38.1 Å². The number of anilines is 1. The molecular weight excluding hydrogens is 230 g/mol. The summed E-state index contributed by atoms with van der Waals surface area (Å²) in [5.41, 5.74) is 5.83. The van der Waals surface area contributed by atoms with Gasteiger partial charge in [-0.05, 0) is 18.6 Å². The van der Waals surface area contributed by atoms with Crippen LogP contribution in [0.4, 0.5) is 5.95 Å². The standard InChI is InChI=1S/C12H19N5O/c1-16-4-6-17(7-5-16)12-14-11(18-15-12)9-2-3-10(13)8-9/h2-3,9-10H,4-8,13H2,1H3. The fourth-order valence-corrected chi connectivity index (χ4v) is 2.42. The van der Waals surface area contributed by atoms with E-state index in [1.807, 2.05) is 6.08 Å². The summed E-state index contributed by atoms with van der Waals surface area (Å²) in [4.78, 5) is 8.97. The van der Waals surface area contributed by atoms with Crippen molar-refractivity contribution in [3.63, 3.8) is 0 Å². The summed E-state index contributed by atoms with van der Waals surface area (Å²) >= 11 is 0. The summed E-state index contributed by atoms with van der Waals surface area (Å²) in [6.45, 7) is 3.99. The first-order valence-electron chi connectivity index (χ1n) is 6.43. The van der Waals surface area contributed by atoms with Gasteiger partial charge in [0.1, 0.15) is 0 Å². The lowest BCUT2D eigenvalue weighted by atomic mass is 10.1. The van der Waals surface area contributed by atoms with E-state index in [4.69, 9.17) is 10.3 Å². The maximum Gasteiger partial charge on any atom is 0.266 e. The second-order valence-corrected chi connectivity index (χ2v) is 5.11. The van der Waals surface area contributed by atoms with Crippen LogP contribution in [-0.4, -0.2) is 54.3 Å². The van der Waals surface area contributed by atoms with Crippen LogP contribution in [0, 0.1) is 0 Å². The molecule has 2 N–H and O–H groups in total. The molecule has 6 heteroatoms. The van der Waals surface area contributed by atoms with Crippen LogP contribution < -0.4 is 10.6 Å². The Balaban J connectivity index is 1.68. The minimum Gasteiger partial charge on any atom is -0.337 e. The third-order valence-electron chi connectivity index (χ3n) is 3.65. The molecule has 1 aliphatic heterocycles. The minimum atomic E-state index is 0.119. The molecule has 3 rings (SSSR count). The van der Waals surface area contributed by atoms with Crippen molar-refractivity contribution in [1.82, 2.24) is 15.0 Å². The second-order valence-electron chi connectivity index (χ2n) is 5.11. The number of aromatic nitrogens is 2. The zero-order chi connectivity index (χ0) is 12.5. The smallest absolute Gasteiger partial charge is 0.266 e. The Kier molecular flexibility index (Phi) is 3.05. The number of likely N-dealkylation sites (N-methyl/N-ethyl adjacent to an activating group) is 1. The Labute approximate surface area is 106 Å². The third kappa shape index (κ3) is 2.26. The van der Waals surface area contributed by atoms with Crippen molar-refractivity contribution in [3.05, 3.63) is 18.0 Å². The van der Waals surface area contributed by atoms with Gasteiger partial charge in [-0.1, -0.05) is 12.2 Å². The van der Waals surface area contributed by atoms with E-state index >= 15 is 0 Å². The highest BCUT2D eigenvalue weighted by Crippen LogP contribution is 2.27. The lowest BCUT2D eigenvalue weighted by molar-refractivity contribution is 0.308. The van der Waals surface area contributed by atoms with Crippen molar-refractivity contribution in [1.29, 1.82) is 0 Å². The van der Waals surface area contributed by atoms with Crippen LogP contribution in [0.1, 0.15) is 18.2 Å². The van der Waals surface area contributed by atoms with Gasteiger partial charge in [0.25, 0.3) is 5.95 Å². The van der Waals surface area contributed by atoms with Crippen molar-refractivity contribution < 1.29 is 4.52 Å². The van der Waals surface area contributed by atoms with Crippen LogP contribution in [0.3, 0.4) is 0 Å². The summed E-state index contributed by atoms with van der Waals surface area (Å²) in [6.07, 6.45) is 4.93. The molecular formula is C12H19N5O. The van der Waals surface area contributed by atoms with E-state index in [0.717, 1.165) is 32.6 Å². The van der Waals surface area contributed by atoms with Gasteiger partial charge in [-0.2, -0.15) is 4.98 Å². The topological polar surface area (TPSA) is 71.4 Å². The lowest BCUT2D eigenvalue weighted by Gasteiger charge is -2.31. The quantitative estimate of drug-likeness (QED) is 0.755. The van der Waals surface area contributed by atoms with E-state index in [2.05, 4.69) is 33.1 Å². The molecule has 0 saturated carbocycles.